The Morgan fingerprint density at radius 3 is 1.37 bits per heavy atom. The molecule has 8 aromatic heterocycles. The van der Waals surface area contributed by atoms with Gasteiger partial charge in [-0.25, -0.2) is 41.1 Å². The van der Waals surface area contributed by atoms with E-state index >= 15 is 0 Å². The van der Waals surface area contributed by atoms with Gasteiger partial charge in [0.15, 0.2) is 29.5 Å². The van der Waals surface area contributed by atoms with E-state index in [1.54, 1.807) is 101 Å². The van der Waals surface area contributed by atoms with E-state index in [1.807, 2.05) is 36.4 Å². The minimum Gasteiger partial charge on any atom is -0.478 e. The van der Waals surface area contributed by atoms with Gasteiger partial charge in [-0.05, 0) is 152 Å². The Hall–Kier alpha value is -10.1. The molecule has 5 aromatic carbocycles. The van der Waals surface area contributed by atoms with Crippen LogP contribution in [-0.4, -0.2) is 159 Å². The molecule has 13 aromatic rings. The molecule has 3 aliphatic rings. The Bertz CT molecular complexity index is 5310. The molecule has 0 radical (unpaired) electrons. The summed E-state index contributed by atoms with van der Waals surface area (Å²) in [6, 6.07) is 42.6. The normalized spacial score (nSPS) is 14.2. The number of nitrogens with zero attached hydrogens (tertiary/aromatic N) is 16. The molecule has 2 unspecified atom stereocenters. The van der Waals surface area contributed by atoms with Gasteiger partial charge < -0.3 is 45.6 Å². The summed E-state index contributed by atoms with van der Waals surface area (Å²) in [6.07, 6.45) is 8.10. The number of hydroxylamine groups is 2. The van der Waals surface area contributed by atoms with Crippen molar-refractivity contribution >= 4 is 152 Å². The van der Waals surface area contributed by atoms with Crippen molar-refractivity contribution < 1.29 is 103 Å². The van der Waals surface area contributed by atoms with Crippen molar-refractivity contribution in [1.82, 2.24) is 81.1 Å². The second-order valence-corrected chi connectivity index (χ2v) is 28.6. The van der Waals surface area contributed by atoms with E-state index in [4.69, 9.17) is 68.1 Å². The molecule has 36 nitrogen and oxygen atoms in total. The van der Waals surface area contributed by atoms with Gasteiger partial charge in [0.1, 0.15) is 5.15 Å². The number of rotatable bonds is 8. The van der Waals surface area contributed by atoms with Gasteiger partial charge in [0, 0.05) is 83.8 Å². The van der Waals surface area contributed by atoms with Crippen molar-refractivity contribution in [3.63, 3.8) is 0 Å². The molecule has 3 saturated heterocycles. The monoisotopic (exact) mass is 1560 g/mol. The number of aromatic carboxylic acids is 3. The minimum atomic E-state index is -3.22. The molecule has 0 aliphatic carbocycles. The number of nitrogens with one attached hydrogen (secondary N) is 3. The first kappa shape index (κ1) is 83.2. The number of carboxylic acids is 3. The molecule has 2 amide bonds. The van der Waals surface area contributed by atoms with E-state index in [0.717, 1.165) is 68.9 Å². The minimum absolute atomic E-state index is 0. The van der Waals surface area contributed by atoms with Gasteiger partial charge in [0.25, 0.3) is 11.8 Å². The fraction of sp³-hybridized carbons (Fsp3) is 0.219. The van der Waals surface area contributed by atoms with Gasteiger partial charge in [0.05, 0.1) is 49.9 Å². The number of carbonyl (C=O) groups excluding carboxylic acids is 2. The summed E-state index contributed by atoms with van der Waals surface area (Å²) < 4.78 is 29.6. The zero-order valence-electron chi connectivity index (χ0n) is 55.5. The zero-order chi connectivity index (χ0) is 75.4. The van der Waals surface area contributed by atoms with Crippen LogP contribution in [0.1, 0.15) is 103 Å². The molecule has 106 heavy (non-hydrogen) atoms. The number of halogens is 4. The quantitative estimate of drug-likeness (QED) is 0.0103. The number of carbonyl (C=O) groups is 5. The number of benzene rings is 5. The number of ether oxygens (including phenoxy) is 3. The first-order valence-corrected chi connectivity index (χ1v) is 35.8. The van der Waals surface area contributed by atoms with E-state index in [-0.39, 0.29) is 63.6 Å². The van der Waals surface area contributed by atoms with Crippen LogP contribution in [0, 0.1) is 0 Å². The second kappa shape index (κ2) is 41.6. The van der Waals surface area contributed by atoms with Crippen LogP contribution in [0.3, 0.4) is 0 Å². The molecule has 11 heterocycles. The van der Waals surface area contributed by atoms with Crippen LogP contribution in [0.25, 0.3) is 87.4 Å². The number of aromatic amines is 1. The molecule has 546 valence electrons. The van der Waals surface area contributed by atoms with E-state index in [2.05, 4.69) is 101 Å². The van der Waals surface area contributed by atoms with Gasteiger partial charge in [-0.2, -0.15) is 13.5 Å². The first-order chi connectivity index (χ1) is 50.6. The van der Waals surface area contributed by atoms with Crippen molar-refractivity contribution in [2.24, 2.45) is 5.90 Å². The van der Waals surface area contributed by atoms with Crippen LogP contribution in [-0.2, 0) is 28.5 Å². The van der Waals surface area contributed by atoms with Crippen LogP contribution in [0.5, 0.6) is 0 Å². The molecular weight excluding hydrogens is 1500 g/mol. The van der Waals surface area contributed by atoms with Gasteiger partial charge in [-0.3, -0.25) is 33.9 Å². The maximum Gasteiger partial charge on any atom is 1.00 e. The van der Waals surface area contributed by atoms with Crippen LogP contribution < -0.4 is 52.0 Å². The third-order valence-electron chi connectivity index (χ3n) is 14.8. The standard InChI is InChI=1S/C15H15N5O3.C10H6ClNO2.C10H7N5O2.C10H6N4O2.C10H7NO3.C5H11NO2.C4H8O.Cl3OP.N3.Na/c21-15(17-23-14-7-3-4-8-22-14)11-9-13-16-18-19-20(13)12-6-2-1-5-10(11)12;11-9-5-7(10(13)14)6-3-1-2-4-8(6)12-9;16-10(12-17)7-5-9-11-13-14-15(9)8-4-2-1-3-6(7)8;15-10(16)7-5-9-11-12-13-14(9)8-4-2-1-3-6(7)8;12-9-5-7(10(13)14)6-3-1-2-4-8(6)11-9;6-8-5-3-1-2-4-7-5;1-2-4-5-3-1;1-5(2,3)4;1-3-2;/h1-2,5-6,9,14H,3-4,7-8H2,(H,17,21);1-5H,(H,13,14);1-5,17H,(H,12,16);1-5H,(H,15,16);1-5H,(H,11,12)(H,13,14);5H,1-4,6H2;1-4H2;;;/q;;;;;;;;-1;+1. The Morgan fingerprint density at radius 2 is 0.943 bits per heavy atom. The van der Waals surface area contributed by atoms with Gasteiger partial charge in [-0.15, -0.1) is 15.3 Å². The summed E-state index contributed by atoms with van der Waals surface area (Å²) in [5.74, 6) is 0.871. The van der Waals surface area contributed by atoms with E-state index in [1.165, 1.54) is 51.4 Å². The summed E-state index contributed by atoms with van der Waals surface area (Å²) in [5, 5.41) is 69.5. The largest absolute Gasteiger partial charge is 1.00 e. The Morgan fingerprint density at radius 1 is 0.557 bits per heavy atom. The fourth-order valence-corrected chi connectivity index (χ4v) is 10.5. The van der Waals surface area contributed by atoms with Crippen molar-refractivity contribution in [3.05, 3.63) is 211 Å². The summed E-state index contributed by atoms with van der Waals surface area (Å²) in [6.45, 7) is 3.45. The topological polar surface area (TPSA) is 513 Å². The van der Waals surface area contributed by atoms with Gasteiger partial charge in [0.2, 0.25) is 5.56 Å². The van der Waals surface area contributed by atoms with Crippen LogP contribution in [0.2, 0.25) is 5.15 Å². The second-order valence-electron chi connectivity index (χ2n) is 21.6. The van der Waals surface area contributed by atoms with Crippen LogP contribution in [0.15, 0.2) is 156 Å². The third-order valence-corrected chi connectivity index (χ3v) is 15.0. The Labute approximate surface area is 638 Å². The molecule has 3 aliphatic heterocycles. The number of amides is 2. The van der Waals surface area contributed by atoms with Crippen LogP contribution in [0.4, 0.5) is 0 Å². The third kappa shape index (κ3) is 23.7. The van der Waals surface area contributed by atoms with E-state index < -0.39 is 40.9 Å². The number of fused-ring (bicyclic) bond motifs is 11. The Balaban J connectivity index is 0.000000174. The molecule has 3 fully saturated rings. The number of nitrogens with two attached hydrogens (primary N) is 1. The van der Waals surface area contributed by atoms with Crippen LogP contribution >= 0.6 is 50.5 Å². The average Bonchev–Trinajstić information content (AvgIpc) is 1.55. The first-order valence-electron chi connectivity index (χ1n) is 31.0. The number of tetrazole rings is 3. The predicted molar refractivity (Wildman–Crippen MR) is 383 cm³/mol. The average molecular weight is 1560 g/mol. The molecular formula is C64H60Cl4N20NaO16P. The zero-order valence-corrected chi connectivity index (χ0v) is 61.4. The number of hydrogen-bond donors (Lipinski definition) is 8. The molecule has 16 rings (SSSR count). The number of para-hydroxylation sites is 5. The summed E-state index contributed by atoms with van der Waals surface area (Å²) in [4.78, 5) is 85.9. The molecule has 42 heteroatoms. The van der Waals surface area contributed by atoms with E-state index in [9.17, 15) is 33.3 Å². The number of aromatic nitrogens is 14. The van der Waals surface area contributed by atoms with Crippen molar-refractivity contribution in [2.75, 3.05) is 26.4 Å². The van der Waals surface area contributed by atoms with Gasteiger partial charge >= 0.3 is 52.7 Å². The van der Waals surface area contributed by atoms with Crippen molar-refractivity contribution in [3.8, 4) is 0 Å². The van der Waals surface area contributed by atoms with E-state index in [0.29, 0.717) is 78.3 Å². The number of hydrogen-bond acceptors (Lipinski definition) is 24. The van der Waals surface area contributed by atoms with Crippen molar-refractivity contribution in [1.29, 1.82) is 0 Å². The smallest absolute Gasteiger partial charge is 0.478 e. The maximum absolute atomic E-state index is 12.5. The number of carboxylic acid groups (broad SMARTS) is 3. The maximum atomic E-state index is 12.5. The summed E-state index contributed by atoms with van der Waals surface area (Å²) in [7, 11) is 0. The van der Waals surface area contributed by atoms with Gasteiger partial charge in [-0.1, -0.05) is 103 Å². The predicted octanol–water partition coefficient (Wildman–Crippen LogP) is 8.53. The SMILES string of the molecule is C1CCOC1.NOC1CCCCO1.O=C(NO)c1cc2nnnn2c2ccccc12.O=C(NOC1CCCCO1)c1cc2nnnn2c2ccccc12.O=C(O)c1cc(=O)[nH]c2ccccc12.O=C(O)c1cc(Cl)nc2ccccc12.O=C(O)c1cc2nnnn2c2ccccc12.O=P(Cl)(Cl)Cl.[N-]=[N+]=[N-].[Na+]. The number of H-pyrrole nitrogens is 1. The Kier molecular flexibility index (Phi) is 32.6. The molecule has 9 N–H and O–H groups in total. The fourth-order valence-electron chi connectivity index (χ4n) is 10.3. The van der Waals surface area contributed by atoms with Crippen molar-refractivity contribution in [2.45, 2.75) is 63.9 Å². The molecule has 0 saturated carbocycles. The number of pyridine rings is 5. The molecule has 2 atom stereocenters. The summed E-state index contributed by atoms with van der Waals surface area (Å²) in [5.41, 5.74) is 23.0. The molecule has 0 bridgehead atoms. The summed E-state index contributed by atoms with van der Waals surface area (Å²) >= 11 is 19.5. The molecule has 0 spiro atoms.